The van der Waals surface area contributed by atoms with Crippen molar-refractivity contribution in [2.24, 2.45) is 0 Å². The second-order valence-corrected chi connectivity index (χ2v) is 12.3. The van der Waals surface area contributed by atoms with Crippen LogP contribution in [0.1, 0.15) is 38.4 Å². The van der Waals surface area contributed by atoms with Crippen LogP contribution in [0, 0.1) is 0 Å². The molecule has 0 aliphatic carbocycles. The molecular weight excluding hydrogens is 482 g/mol. The molecule has 4 rings (SSSR count). The molecule has 1 atom stereocenters. The first kappa shape index (κ1) is 25.9. The number of rotatable bonds is 7. The minimum Gasteiger partial charge on any atom is -0.465 e. The number of amides is 1. The zero-order valence-electron chi connectivity index (χ0n) is 21.3. The van der Waals surface area contributed by atoms with Gasteiger partial charge < -0.3 is 24.6 Å². The van der Waals surface area contributed by atoms with E-state index in [-0.39, 0.29) is 12.6 Å². The van der Waals surface area contributed by atoms with Gasteiger partial charge in [0.25, 0.3) is 0 Å². The Morgan fingerprint density at radius 2 is 2.00 bits per heavy atom. The number of ether oxygens (including phenoxy) is 1. The fourth-order valence-corrected chi connectivity index (χ4v) is 4.81. The van der Waals surface area contributed by atoms with Gasteiger partial charge in [0.2, 0.25) is 0 Å². The molecule has 0 spiro atoms. The van der Waals surface area contributed by atoms with E-state index < -0.39 is 20.7 Å². The highest BCUT2D eigenvalue weighted by molar-refractivity contribution is 7.91. The summed E-state index contributed by atoms with van der Waals surface area (Å²) in [6.07, 6.45) is 1.10. The lowest BCUT2D eigenvalue weighted by Gasteiger charge is -2.37. The van der Waals surface area contributed by atoms with Gasteiger partial charge in [-0.1, -0.05) is 6.92 Å². The Kier molecular flexibility index (Phi) is 6.98. The lowest BCUT2D eigenvalue weighted by molar-refractivity contribution is 0.0925. The molecule has 1 amide bonds. The maximum Gasteiger partial charge on any atom is 0.407 e. The van der Waals surface area contributed by atoms with Gasteiger partial charge in [0, 0.05) is 25.5 Å². The Labute approximate surface area is 211 Å². The molecule has 3 aromatic heterocycles. The number of aromatic nitrogens is 3. The summed E-state index contributed by atoms with van der Waals surface area (Å²) in [4.78, 5) is 27.5. The Morgan fingerprint density at radius 3 is 2.67 bits per heavy atom. The van der Waals surface area contributed by atoms with Crippen molar-refractivity contribution in [3.8, 4) is 11.4 Å². The summed E-state index contributed by atoms with van der Waals surface area (Å²) in [5.74, 6) is 0.703. The van der Waals surface area contributed by atoms with Crippen LogP contribution < -0.4 is 4.90 Å². The molecule has 1 fully saturated rings. The lowest BCUT2D eigenvalue weighted by Crippen LogP contribution is -2.45. The van der Waals surface area contributed by atoms with Crippen molar-refractivity contribution in [1.82, 2.24) is 19.9 Å². The van der Waals surface area contributed by atoms with E-state index in [1.807, 2.05) is 24.3 Å². The number of hydrogen-bond acceptors (Lipinski definition) is 7. The highest BCUT2D eigenvalue weighted by Crippen LogP contribution is 2.35. The highest BCUT2D eigenvalue weighted by atomic mass is 32.2. The van der Waals surface area contributed by atoms with Crippen molar-refractivity contribution in [3.63, 3.8) is 0 Å². The molecule has 0 bridgehead atoms. The number of hydrogen-bond donors (Lipinski definition) is 2. The Morgan fingerprint density at radius 1 is 1.25 bits per heavy atom. The molecule has 3 aromatic rings. The number of fused-ring (bicyclic) bond motifs is 1. The van der Waals surface area contributed by atoms with E-state index in [1.54, 1.807) is 19.9 Å². The zero-order chi connectivity index (χ0) is 26.3. The van der Waals surface area contributed by atoms with E-state index in [1.165, 1.54) is 18.2 Å². The molecule has 1 aliphatic rings. The van der Waals surface area contributed by atoms with Gasteiger partial charge in [-0.3, -0.25) is 0 Å². The van der Waals surface area contributed by atoms with Gasteiger partial charge in [-0.15, -0.1) is 0 Å². The smallest absolute Gasteiger partial charge is 0.407 e. The van der Waals surface area contributed by atoms with Crippen LogP contribution in [0.4, 0.5) is 10.6 Å². The third-order valence-electron chi connectivity index (χ3n) is 6.95. The summed E-state index contributed by atoms with van der Waals surface area (Å²) in [6, 6.07) is 9.34. The van der Waals surface area contributed by atoms with Crippen molar-refractivity contribution >= 4 is 32.8 Å². The predicted molar refractivity (Wildman–Crippen MR) is 139 cm³/mol. The Hall–Kier alpha value is -3.18. The van der Waals surface area contributed by atoms with E-state index >= 15 is 0 Å². The standard InChI is InChI=1S/C25H33N5O5S/c1-6-18-15-35-10-9-30(18)23-12-16(25(2,3)36(5,33)34)11-21(28-23)20-8-7-19-22(27-20)13-17(26-19)14-29(4)24(31)32/h7-8,11-13,18,26H,6,9-10,14-15H2,1-5H3,(H,31,32). The maximum atomic E-state index is 12.7. The molecular formula is C25H33N5O5S. The van der Waals surface area contributed by atoms with Gasteiger partial charge in [0.1, 0.15) is 5.82 Å². The Bertz CT molecular complexity index is 1380. The molecule has 1 saturated heterocycles. The number of anilines is 1. The molecule has 1 unspecified atom stereocenters. The van der Waals surface area contributed by atoms with E-state index in [0.717, 1.165) is 17.6 Å². The van der Waals surface area contributed by atoms with Gasteiger partial charge >= 0.3 is 6.09 Å². The van der Waals surface area contributed by atoms with Crippen LogP contribution in [0.15, 0.2) is 30.3 Å². The van der Waals surface area contributed by atoms with Crippen molar-refractivity contribution in [2.45, 2.75) is 44.5 Å². The molecule has 1 aliphatic heterocycles. The number of sulfone groups is 1. The number of pyridine rings is 2. The van der Waals surface area contributed by atoms with Crippen molar-refractivity contribution < 1.29 is 23.1 Å². The van der Waals surface area contributed by atoms with Crippen LogP contribution in [0.2, 0.25) is 0 Å². The second-order valence-electron chi connectivity index (χ2n) is 9.77. The molecule has 0 radical (unpaired) electrons. The minimum atomic E-state index is -3.42. The first-order chi connectivity index (χ1) is 16.9. The second kappa shape index (κ2) is 9.70. The van der Waals surface area contributed by atoms with Crippen LogP contribution >= 0.6 is 0 Å². The first-order valence-corrected chi connectivity index (χ1v) is 13.8. The number of carbonyl (C=O) groups is 1. The average Bonchev–Trinajstić information content (AvgIpc) is 3.24. The summed E-state index contributed by atoms with van der Waals surface area (Å²) in [5, 5.41) is 9.16. The Balaban J connectivity index is 1.82. The number of nitrogens with zero attached hydrogens (tertiary/aromatic N) is 4. The molecule has 11 heteroatoms. The number of H-pyrrole nitrogens is 1. The number of nitrogens with one attached hydrogen (secondary N) is 1. The van der Waals surface area contributed by atoms with Gasteiger partial charge in [-0.05, 0) is 56.2 Å². The van der Waals surface area contributed by atoms with Crippen LogP contribution in [0.3, 0.4) is 0 Å². The normalized spacial score (nSPS) is 16.9. The molecule has 2 N–H and O–H groups in total. The summed E-state index contributed by atoms with van der Waals surface area (Å²) in [7, 11) is -1.92. The van der Waals surface area contributed by atoms with Crippen LogP contribution in [-0.4, -0.2) is 78.6 Å². The average molecular weight is 516 g/mol. The SMILES string of the molecule is CCC1COCCN1c1cc(C(C)(C)S(C)(=O)=O)cc(-c2ccc3[nH]c(CN(C)C(=O)O)cc3n2)n1. The van der Waals surface area contributed by atoms with Crippen molar-refractivity contribution in [2.75, 3.05) is 38.0 Å². The first-order valence-electron chi connectivity index (χ1n) is 11.9. The van der Waals surface area contributed by atoms with Crippen molar-refractivity contribution in [1.29, 1.82) is 0 Å². The molecule has 194 valence electrons. The van der Waals surface area contributed by atoms with E-state index in [0.29, 0.717) is 48.0 Å². The molecule has 4 heterocycles. The fraction of sp³-hybridized carbons (Fsp3) is 0.480. The van der Waals surface area contributed by atoms with Crippen LogP contribution in [0.25, 0.3) is 22.4 Å². The van der Waals surface area contributed by atoms with Gasteiger partial charge in [0.05, 0.1) is 53.0 Å². The van der Waals surface area contributed by atoms with Crippen LogP contribution in [-0.2, 0) is 25.9 Å². The monoisotopic (exact) mass is 515 g/mol. The molecule has 10 nitrogen and oxygen atoms in total. The van der Waals surface area contributed by atoms with E-state index in [9.17, 15) is 13.2 Å². The maximum absolute atomic E-state index is 12.7. The third kappa shape index (κ3) is 5.03. The van der Waals surface area contributed by atoms with Gasteiger partial charge in [-0.2, -0.15) is 0 Å². The summed E-state index contributed by atoms with van der Waals surface area (Å²) < 4.78 is 29.9. The molecule has 36 heavy (non-hydrogen) atoms. The quantitative estimate of drug-likeness (QED) is 0.488. The largest absolute Gasteiger partial charge is 0.465 e. The van der Waals surface area contributed by atoms with E-state index in [2.05, 4.69) is 16.8 Å². The highest BCUT2D eigenvalue weighted by Gasteiger charge is 2.34. The number of aromatic amines is 1. The van der Waals surface area contributed by atoms with Gasteiger partial charge in [0.15, 0.2) is 9.84 Å². The fourth-order valence-electron chi connectivity index (χ4n) is 4.27. The topological polar surface area (TPSA) is 129 Å². The summed E-state index contributed by atoms with van der Waals surface area (Å²) in [6.45, 7) is 7.54. The molecule has 0 aromatic carbocycles. The lowest BCUT2D eigenvalue weighted by atomic mass is 10.0. The summed E-state index contributed by atoms with van der Waals surface area (Å²) >= 11 is 0. The predicted octanol–water partition coefficient (Wildman–Crippen LogP) is 3.63. The summed E-state index contributed by atoms with van der Waals surface area (Å²) in [5.41, 5.74) is 4.00. The van der Waals surface area contributed by atoms with Gasteiger partial charge in [-0.25, -0.2) is 23.2 Å². The number of morpholine rings is 1. The minimum absolute atomic E-state index is 0.143. The molecule has 0 saturated carbocycles. The zero-order valence-corrected chi connectivity index (χ0v) is 22.1. The van der Waals surface area contributed by atoms with Crippen LogP contribution in [0.5, 0.6) is 0 Å². The van der Waals surface area contributed by atoms with Crippen molar-refractivity contribution in [3.05, 3.63) is 41.6 Å². The van der Waals surface area contributed by atoms with E-state index in [4.69, 9.17) is 19.8 Å². The third-order valence-corrected chi connectivity index (χ3v) is 9.04. The number of carboxylic acid groups (broad SMARTS) is 1.